The molecule has 2 N–H and O–H groups in total. The van der Waals surface area contributed by atoms with E-state index >= 15 is 0 Å². The minimum atomic E-state index is -0.240. The molecule has 6 nitrogen and oxygen atoms in total. The Morgan fingerprint density at radius 1 is 1.26 bits per heavy atom. The first-order valence-electron chi connectivity index (χ1n) is 9.50. The molecule has 1 fully saturated rings. The lowest BCUT2D eigenvalue weighted by molar-refractivity contribution is -0.121. The van der Waals surface area contributed by atoms with Gasteiger partial charge in [0.15, 0.2) is 0 Å². The van der Waals surface area contributed by atoms with Gasteiger partial charge in [-0.15, -0.1) is 0 Å². The Labute approximate surface area is 159 Å². The van der Waals surface area contributed by atoms with Gasteiger partial charge in [0.25, 0.3) is 0 Å². The van der Waals surface area contributed by atoms with Crippen LogP contribution in [-0.4, -0.2) is 37.7 Å². The van der Waals surface area contributed by atoms with Crippen LogP contribution >= 0.6 is 0 Å². The van der Waals surface area contributed by atoms with Crippen molar-refractivity contribution in [3.8, 4) is 11.5 Å². The summed E-state index contributed by atoms with van der Waals surface area (Å²) in [6.07, 6.45) is 4.79. The van der Waals surface area contributed by atoms with Crippen LogP contribution in [0.3, 0.4) is 0 Å². The number of nitrogens with one attached hydrogen (secondary N) is 2. The molecule has 1 aromatic heterocycles. The monoisotopic (exact) mass is 367 g/mol. The fourth-order valence-electron chi connectivity index (χ4n) is 3.77. The van der Waals surface area contributed by atoms with Crippen LogP contribution in [0, 0.1) is 5.92 Å². The van der Waals surface area contributed by atoms with E-state index in [-0.39, 0.29) is 11.8 Å². The molecule has 2 aromatic rings. The van der Waals surface area contributed by atoms with E-state index in [9.17, 15) is 4.79 Å². The molecule has 1 unspecified atom stereocenters. The molecule has 1 saturated heterocycles. The fourth-order valence-corrected chi connectivity index (χ4v) is 3.77. The summed E-state index contributed by atoms with van der Waals surface area (Å²) in [7, 11) is 1.63. The summed E-state index contributed by atoms with van der Waals surface area (Å²) in [4.78, 5) is 17.1. The maximum atomic E-state index is 12.6. The van der Waals surface area contributed by atoms with Crippen LogP contribution in [0.1, 0.15) is 29.9 Å². The lowest BCUT2D eigenvalue weighted by Crippen LogP contribution is -2.32. The summed E-state index contributed by atoms with van der Waals surface area (Å²) in [6, 6.07) is 9.67. The summed E-state index contributed by atoms with van der Waals surface area (Å²) in [5.74, 6) is 2.44. The molecule has 0 spiro atoms. The van der Waals surface area contributed by atoms with Gasteiger partial charge < -0.3 is 20.1 Å². The Hall–Kier alpha value is -2.60. The quantitative estimate of drug-likeness (QED) is 0.869. The maximum Gasteiger partial charge on any atom is 0.232 e. The topological polar surface area (TPSA) is 72.5 Å². The molecule has 0 aliphatic carbocycles. The van der Waals surface area contributed by atoms with Crippen molar-refractivity contribution in [3.63, 3.8) is 0 Å². The number of hydrogen-bond donors (Lipinski definition) is 2. The number of nitrogens with zero attached hydrogens (tertiary/aromatic N) is 1. The summed E-state index contributed by atoms with van der Waals surface area (Å²) in [5.41, 5.74) is 2.24. The first-order chi connectivity index (χ1) is 13.2. The summed E-state index contributed by atoms with van der Waals surface area (Å²) in [6.45, 7) is 2.48. The van der Waals surface area contributed by atoms with E-state index < -0.39 is 0 Å². The van der Waals surface area contributed by atoms with Gasteiger partial charge in [0.2, 0.25) is 5.91 Å². The third-order valence-electron chi connectivity index (χ3n) is 5.39. The van der Waals surface area contributed by atoms with Crippen LogP contribution in [0.5, 0.6) is 11.5 Å². The Balaban J connectivity index is 1.38. The summed E-state index contributed by atoms with van der Waals surface area (Å²) in [5, 5.41) is 6.30. The second-order valence-electron chi connectivity index (χ2n) is 7.18. The lowest BCUT2D eigenvalue weighted by atomic mass is 9.91. The average molecular weight is 367 g/mol. The van der Waals surface area contributed by atoms with Crippen LogP contribution in [0.2, 0.25) is 0 Å². The number of benzene rings is 1. The first kappa shape index (κ1) is 17.8. The fraction of sp³-hybridized carbons (Fsp3) is 0.429. The van der Waals surface area contributed by atoms with Crippen LogP contribution in [-0.2, 0) is 11.2 Å². The minimum absolute atomic E-state index is 0.0643. The zero-order chi connectivity index (χ0) is 18.6. The largest absolute Gasteiger partial charge is 0.497 e. The predicted molar refractivity (Wildman–Crippen MR) is 103 cm³/mol. The zero-order valence-corrected chi connectivity index (χ0v) is 15.5. The molecular formula is C21H25N3O3. The second-order valence-corrected chi connectivity index (χ2v) is 7.18. The van der Waals surface area contributed by atoms with Gasteiger partial charge in [0.1, 0.15) is 23.9 Å². The van der Waals surface area contributed by atoms with Crippen LogP contribution in [0.4, 0.5) is 5.82 Å². The highest BCUT2D eigenvalue weighted by Crippen LogP contribution is 2.31. The number of aromatic nitrogens is 1. The molecule has 0 radical (unpaired) electrons. The molecule has 6 heteroatoms. The standard InChI is InChI=1S/C21H25N3O3/c1-26-18-3-4-19-16(11-18)10-17(13-27-19)21(25)24-20-5-2-15(12-23-20)14-6-8-22-9-7-14/h2-5,11-12,14,17,22H,6-10,13H2,1H3,(H,23,24,25). The lowest BCUT2D eigenvalue weighted by Gasteiger charge is -2.25. The molecule has 2 aliphatic rings. The van der Waals surface area contributed by atoms with Gasteiger partial charge in [-0.05, 0) is 73.7 Å². The van der Waals surface area contributed by atoms with Gasteiger partial charge >= 0.3 is 0 Å². The Bertz CT molecular complexity index is 801. The maximum absolute atomic E-state index is 12.6. The van der Waals surface area contributed by atoms with E-state index in [0.717, 1.165) is 43.0 Å². The van der Waals surface area contributed by atoms with Crippen LogP contribution in [0.15, 0.2) is 36.5 Å². The Morgan fingerprint density at radius 3 is 2.85 bits per heavy atom. The number of fused-ring (bicyclic) bond motifs is 1. The van der Waals surface area contributed by atoms with Gasteiger partial charge in [0, 0.05) is 6.20 Å². The number of anilines is 1. The van der Waals surface area contributed by atoms with Gasteiger partial charge in [0.05, 0.1) is 13.0 Å². The number of carbonyl (C=O) groups excluding carboxylic acids is 1. The van der Waals surface area contributed by atoms with E-state index in [1.54, 1.807) is 7.11 Å². The molecule has 3 heterocycles. The minimum Gasteiger partial charge on any atom is -0.497 e. The van der Waals surface area contributed by atoms with E-state index in [4.69, 9.17) is 9.47 Å². The average Bonchev–Trinajstić information content (AvgIpc) is 2.74. The molecule has 0 bridgehead atoms. The smallest absolute Gasteiger partial charge is 0.232 e. The van der Waals surface area contributed by atoms with E-state index in [1.165, 1.54) is 5.56 Å². The Morgan fingerprint density at radius 2 is 2.11 bits per heavy atom. The van der Waals surface area contributed by atoms with Crippen molar-refractivity contribution in [2.24, 2.45) is 5.92 Å². The van der Waals surface area contributed by atoms with Gasteiger partial charge in [-0.2, -0.15) is 0 Å². The summed E-state index contributed by atoms with van der Waals surface area (Å²) < 4.78 is 11.0. The second kappa shape index (κ2) is 7.96. The number of pyridine rings is 1. The van der Waals surface area contributed by atoms with Crippen molar-refractivity contribution in [2.75, 3.05) is 32.1 Å². The molecule has 142 valence electrons. The zero-order valence-electron chi connectivity index (χ0n) is 15.5. The van der Waals surface area contributed by atoms with Crippen LogP contribution in [0.25, 0.3) is 0 Å². The van der Waals surface area contributed by atoms with Gasteiger partial charge in [-0.25, -0.2) is 4.98 Å². The molecule has 1 amide bonds. The highest BCUT2D eigenvalue weighted by molar-refractivity contribution is 5.92. The van der Waals surface area contributed by atoms with E-state index in [0.29, 0.717) is 24.8 Å². The van der Waals surface area contributed by atoms with Crippen molar-refractivity contribution >= 4 is 11.7 Å². The van der Waals surface area contributed by atoms with Crippen molar-refractivity contribution < 1.29 is 14.3 Å². The molecule has 1 atom stereocenters. The SMILES string of the molecule is COc1ccc2c(c1)CC(C(=O)Nc1ccc(C3CCNCC3)cn1)CO2. The number of hydrogen-bond acceptors (Lipinski definition) is 5. The van der Waals surface area contributed by atoms with E-state index in [1.807, 2.05) is 30.5 Å². The van der Waals surface area contributed by atoms with Crippen molar-refractivity contribution in [3.05, 3.63) is 47.7 Å². The number of methoxy groups -OCH3 is 1. The number of amides is 1. The number of piperidine rings is 1. The molecular weight excluding hydrogens is 342 g/mol. The molecule has 0 saturated carbocycles. The normalized spacial score (nSPS) is 19.7. The number of rotatable bonds is 4. The van der Waals surface area contributed by atoms with Crippen molar-refractivity contribution in [2.45, 2.75) is 25.2 Å². The highest BCUT2D eigenvalue weighted by Gasteiger charge is 2.27. The third-order valence-corrected chi connectivity index (χ3v) is 5.39. The van der Waals surface area contributed by atoms with Crippen molar-refractivity contribution in [1.29, 1.82) is 0 Å². The van der Waals surface area contributed by atoms with Crippen molar-refractivity contribution in [1.82, 2.24) is 10.3 Å². The number of carbonyl (C=O) groups is 1. The van der Waals surface area contributed by atoms with Crippen LogP contribution < -0.4 is 20.1 Å². The number of ether oxygens (including phenoxy) is 2. The van der Waals surface area contributed by atoms with E-state index in [2.05, 4.69) is 21.7 Å². The molecule has 27 heavy (non-hydrogen) atoms. The molecule has 4 rings (SSSR count). The predicted octanol–water partition coefficient (Wildman–Crippen LogP) is 2.75. The molecule has 2 aliphatic heterocycles. The first-order valence-corrected chi connectivity index (χ1v) is 9.50. The Kier molecular flexibility index (Phi) is 5.25. The highest BCUT2D eigenvalue weighted by atomic mass is 16.5. The molecule has 1 aromatic carbocycles. The van der Waals surface area contributed by atoms with Gasteiger partial charge in [-0.3, -0.25) is 4.79 Å². The third kappa shape index (κ3) is 4.06. The van der Waals surface area contributed by atoms with Gasteiger partial charge in [-0.1, -0.05) is 6.07 Å². The summed E-state index contributed by atoms with van der Waals surface area (Å²) >= 11 is 0.